The highest BCUT2D eigenvalue weighted by atomic mass is 79.9. The van der Waals surface area contributed by atoms with Crippen molar-refractivity contribution in [1.29, 1.82) is 0 Å². The number of halogens is 2. The van der Waals surface area contributed by atoms with Gasteiger partial charge in [0.25, 0.3) is 0 Å². The molecule has 0 amide bonds. The Hall–Kier alpha value is -2.55. The van der Waals surface area contributed by atoms with Crippen molar-refractivity contribution in [3.63, 3.8) is 0 Å². The Labute approximate surface area is 176 Å². The van der Waals surface area contributed by atoms with Crippen molar-refractivity contribution < 1.29 is 4.74 Å². The molecule has 1 aliphatic heterocycles. The molecule has 1 nitrogen and oxygen atoms in total. The molecule has 0 bridgehead atoms. The van der Waals surface area contributed by atoms with Gasteiger partial charge in [0.1, 0.15) is 11.5 Å². The minimum Gasteiger partial charge on any atom is -0.455 e. The van der Waals surface area contributed by atoms with Crippen LogP contribution in [0.2, 0.25) is 5.02 Å². The standard InChI is InChI=1S/C25H14BrClO/c26-20-13-14-21(27)23-24(20)28-22-12-6-5-11-19(22)25(23)17-9-3-1-7-15(17)16-8-2-4-10-18(16)25/h1-14H. The lowest BCUT2D eigenvalue weighted by atomic mass is 9.66. The summed E-state index contributed by atoms with van der Waals surface area (Å²) in [7, 11) is 0. The predicted octanol–water partition coefficient (Wildman–Crippen LogP) is 7.57. The van der Waals surface area contributed by atoms with Gasteiger partial charge in [-0.25, -0.2) is 0 Å². The largest absolute Gasteiger partial charge is 0.455 e. The lowest BCUT2D eigenvalue weighted by Crippen LogP contribution is -2.32. The molecule has 4 aromatic carbocycles. The summed E-state index contributed by atoms with van der Waals surface area (Å²) in [6, 6.07) is 29.5. The Kier molecular flexibility index (Phi) is 3.36. The number of hydrogen-bond donors (Lipinski definition) is 0. The van der Waals surface area contributed by atoms with E-state index in [9.17, 15) is 0 Å². The summed E-state index contributed by atoms with van der Waals surface area (Å²) in [5.41, 5.74) is 6.60. The number of fused-ring (bicyclic) bond motifs is 9. The van der Waals surface area contributed by atoms with Gasteiger partial charge >= 0.3 is 0 Å². The molecule has 28 heavy (non-hydrogen) atoms. The van der Waals surface area contributed by atoms with Crippen molar-refractivity contribution in [3.05, 3.63) is 117 Å². The van der Waals surface area contributed by atoms with Crippen molar-refractivity contribution in [1.82, 2.24) is 0 Å². The van der Waals surface area contributed by atoms with Crippen LogP contribution in [0, 0.1) is 0 Å². The van der Waals surface area contributed by atoms with Crippen LogP contribution in [0.1, 0.15) is 22.3 Å². The lowest BCUT2D eigenvalue weighted by Gasteiger charge is -2.40. The summed E-state index contributed by atoms with van der Waals surface area (Å²) in [6.45, 7) is 0. The van der Waals surface area contributed by atoms with Crippen LogP contribution in [-0.2, 0) is 5.41 Å². The summed E-state index contributed by atoms with van der Waals surface area (Å²) in [5.74, 6) is 1.65. The molecule has 3 heteroatoms. The first-order valence-corrected chi connectivity index (χ1v) is 10.3. The maximum absolute atomic E-state index is 6.88. The minimum atomic E-state index is -0.502. The van der Waals surface area contributed by atoms with Gasteiger partial charge in [0.05, 0.1) is 9.89 Å². The molecule has 0 saturated heterocycles. The predicted molar refractivity (Wildman–Crippen MR) is 117 cm³/mol. The van der Waals surface area contributed by atoms with Crippen molar-refractivity contribution >= 4 is 27.5 Å². The van der Waals surface area contributed by atoms with Crippen molar-refractivity contribution in [2.24, 2.45) is 0 Å². The van der Waals surface area contributed by atoms with E-state index < -0.39 is 5.41 Å². The van der Waals surface area contributed by atoms with Gasteiger partial charge in [-0.05, 0) is 56.4 Å². The van der Waals surface area contributed by atoms with E-state index >= 15 is 0 Å². The summed E-state index contributed by atoms with van der Waals surface area (Å²) in [5, 5.41) is 0.708. The van der Waals surface area contributed by atoms with Gasteiger partial charge in [-0.2, -0.15) is 0 Å². The zero-order valence-electron chi connectivity index (χ0n) is 14.7. The molecule has 0 aromatic heterocycles. The molecule has 134 valence electrons. The molecule has 0 unspecified atom stereocenters. The number of hydrogen-bond acceptors (Lipinski definition) is 1. The second kappa shape index (κ2) is 5.73. The van der Waals surface area contributed by atoms with Gasteiger partial charge in [0.2, 0.25) is 0 Å². The highest BCUT2D eigenvalue weighted by Crippen LogP contribution is 2.64. The van der Waals surface area contributed by atoms with Crippen molar-refractivity contribution in [2.45, 2.75) is 5.41 Å². The Bertz CT molecular complexity index is 1230. The first kappa shape index (κ1) is 16.4. The molecule has 1 spiro atoms. The molecule has 4 aromatic rings. The van der Waals surface area contributed by atoms with Crippen LogP contribution < -0.4 is 4.74 Å². The normalized spacial score (nSPS) is 14.6. The van der Waals surface area contributed by atoms with Gasteiger partial charge in [0.15, 0.2) is 0 Å². The van der Waals surface area contributed by atoms with Gasteiger partial charge in [-0.3, -0.25) is 0 Å². The SMILES string of the molecule is Clc1ccc(Br)c2c1C1(c3ccccc3O2)c2ccccc2-c2ccccc21. The van der Waals surface area contributed by atoms with Crippen molar-refractivity contribution in [2.75, 3.05) is 0 Å². The summed E-state index contributed by atoms with van der Waals surface area (Å²) >= 11 is 10.6. The van der Waals surface area contributed by atoms with E-state index in [-0.39, 0.29) is 0 Å². The first-order valence-electron chi connectivity index (χ1n) is 9.18. The van der Waals surface area contributed by atoms with Gasteiger partial charge < -0.3 is 4.74 Å². The lowest BCUT2D eigenvalue weighted by molar-refractivity contribution is 0.433. The molecular weight excluding hydrogens is 432 g/mol. The molecule has 6 rings (SSSR count). The van der Waals surface area contributed by atoms with Gasteiger partial charge in [-0.15, -0.1) is 0 Å². The van der Waals surface area contributed by atoms with Crippen LogP contribution in [0.5, 0.6) is 11.5 Å². The van der Waals surface area contributed by atoms with Crippen LogP contribution in [0.25, 0.3) is 11.1 Å². The third kappa shape index (κ3) is 1.87. The number of para-hydroxylation sites is 1. The monoisotopic (exact) mass is 444 g/mol. The zero-order chi connectivity index (χ0) is 18.9. The number of benzene rings is 4. The highest BCUT2D eigenvalue weighted by molar-refractivity contribution is 9.10. The molecule has 0 atom stereocenters. The van der Waals surface area contributed by atoms with E-state index in [0.29, 0.717) is 5.02 Å². The number of rotatable bonds is 0. The summed E-state index contributed by atoms with van der Waals surface area (Å²) in [4.78, 5) is 0. The summed E-state index contributed by atoms with van der Waals surface area (Å²) in [6.07, 6.45) is 0. The van der Waals surface area contributed by atoms with E-state index in [0.717, 1.165) is 27.1 Å². The maximum Gasteiger partial charge on any atom is 0.147 e. The fourth-order valence-electron chi connectivity index (χ4n) is 4.89. The number of ether oxygens (including phenoxy) is 1. The van der Waals surface area contributed by atoms with Crippen molar-refractivity contribution in [3.8, 4) is 22.6 Å². The van der Waals surface area contributed by atoms with E-state index in [1.807, 2.05) is 24.3 Å². The van der Waals surface area contributed by atoms with E-state index in [4.69, 9.17) is 16.3 Å². The second-order valence-corrected chi connectivity index (χ2v) is 8.43. The second-order valence-electron chi connectivity index (χ2n) is 7.17. The van der Waals surface area contributed by atoms with Gasteiger partial charge in [0, 0.05) is 16.1 Å². The van der Waals surface area contributed by atoms with Crippen LogP contribution in [0.15, 0.2) is 89.4 Å². The van der Waals surface area contributed by atoms with Crippen LogP contribution >= 0.6 is 27.5 Å². The fourth-order valence-corrected chi connectivity index (χ4v) is 5.59. The van der Waals surface area contributed by atoms with E-state index in [1.165, 1.54) is 22.3 Å². The van der Waals surface area contributed by atoms with Crippen LogP contribution in [-0.4, -0.2) is 0 Å². The zero-order valence-corrected chi connectivity index (χ0v) is 17.1. The average Bonchev–Trinajstić information content (AvgIpc) is 3.03. The smallest absolute Gasteiger partial charge is 0.147 e. The molecule has 2 aliphatic rings. The third-order valence-corrected chi connectivity index (χ3v) is 6.83. The molecule has 0 N–H and O–H groups in total. The first-order chi connectivity index (χ1) is 13.7. The Balaban J connectivity index is 1.89. The highest BCUT2D eigenvalue weighted by Gasteiger charge is 2.52. The Morgan fingerprint density at radius 3 is 1.93 bits per heavy atom. The maximum atomic E-state index is 6.88. The Morgan fingerprint density at radius 1 is 0.679 bits per heavy atom. The van der Waals surface area contributed by atoms with E-state index in [1.54, 1.807) is 0 Å². The minimum absolute atomic E-state index is 0.502. The molecular formula is C25H14BrClO. The third-order valence-electron chi connectivity index (χ3n) is 5.89. The Morgan fingerprint density at radius 2 is 1.25 bits per heavy atom. The topological polar surface area (TPSA) is 9.23 Å². The molecule has 0 radical (unpaired) electrons. The van der Waals surface area contributed by atoms with Crippen LogP contribution in [0.3, 0.4) is 0 Å². The average molecular weight is 446 g/mol. The molecule has 1 aliphatic carbocycles. The molecule has 0 fully saturated rings. The molecule has 0 saturated carbocycles. The molecule has 1 heterocycles. The summed E-state index contributed by atoms with van der Waals surface area (Å²) < 4.78 is 7.28. The fraction of sp³-hybridized carbons (Fsp3) is 0.0400. The van der Waals surface area contributed by atoms with Crippen LogP contribution in [0.4, 0.5) is 0 Å². The van der Waals surface area contributed by atoms with Gasteiger partial charge in [-0.1, -0.05) is 78.3 Å². The van der Waals surface area contributed by atoms with E-state index in [2.05, 4.69) is 76.6 Å². The quantitative estimate of drug-likeness (QED) is 0.234.